The summed E-state index contributed by atoms with van der Waals surface area (Å²) < 4.78 is 1.79. The molecule has 2 aromatic heterocycles. The first-order chi connectivity index (χ1) is 11.0. The summed E-state index contributed by atoms with van der Waals surface area (Å²) in [6, 6.07) is 9.06. The highest BCUT2D eigenvalue weighted by Crippen LogP contribution is 2.18. The number of nitrogens with one attached hydrogen (secondary N) is 1. The van der Waals surface area contributed by atoms with Crippen LogP contribution in [0.25, 0.3) is 5.13 Å². The van der Waals surface area contributed by atoms with E-state index in [1.165, 1.54) is 11.3 Å². The number of aromatic nitrogens is 3. The van der Waals surface area contributed by atoms with Crippen LogP contribution in [0.4, 0.5) is 5.69 Å². The van der Waals surface area contributed by atoms with Gasteiger partial charge in [-0.05, 0) is 38.1 Å². The van der Waals surface area contributed by atoms with E-state index in [0.717, 1.165) is 22.2 Å². The summed E-state index contributed by atoms with van der Waals surface area (Å²) in [5.74, 6) is -0.127. The number of thiazole rings is 1. The quantitative estimate of drug-likeness (QED) is 0.782. The minimum absolute atomic E-state index is 0.127. The van der Waals surface area contributed by atoms with Gasteiger partial charge in [-0.3, -0.25) is 4.79 Å². The van der Waals surface area contributed by atoms with Gasteiger partial charge in [0, 0.05) is 21.8 Å². The van der Waals surface area contributed by atoms with Gasteiger partial charge in [-0.25, -0.2) is 9.67 Å². The molecule has 0 atom stereocenters. The van der Waals surface area contributed by atoms with E-state index in [1.807, 2.05) is 25.3 Å². The number of nitrogens with zero attached hydrogens (tertiary/aromatic N) is 3. The van der Waals surface area contributed by atoms with Gasteiger partial charge in [0.1, 0.15) is 0 Å². The minimum atomic E-state index is -0.127. The standard InChI is InChI=1S/C16H15ClN4OS/c1-10-6-11(2)21(20-10)16-19-14(9-23-16)8-15(22)18-13-5-3-4-12(17)7-13/h3-7,9H,8H2,1-2H3,(H,18,22). The van der Waals surface area contributed by atoms with E-state index in [1.54, 1.807) is 28.9 Å². The highest BCUT2D eigenvalue weighted by atomic mass is 35.5. The predicted molar refractivity (Wildman–Crippen MR) is 92.5 cm³/mol. The lowest BCUT2D eigenvalue weighted by Crippen LogP contribution is -2.14. The lowest BCUT2D eigenvalue weighted by molar-refractivity contribution is -0.115. The number of halogens is 1. The summed E-state index contributed by atoms with van der Waals surface area (Å²) in [4.78, 5) is 16.6. The molecule has 0 spiro atoms. The number of carbonyl (C=O) groups is 1. The Morgan fingerprint density at radius 2 is 2.17 bits per heavy atom. The maximum absolute atomic E-state index is 12.1. The number of anilines is 1. The Labute approximate surface area is 142 Å². The largest absolute Gasteiger partial charge is 0.326 e. The molecule has 0 fully saturated rings. The van der Waals surface area contributed by atoms with Gasteiger partial charge in [0.15, 0.2) is 0 Å². The molecule has 2 heterocycles. The summed E-state index contributed by atoms with van der Waals surface area (Å²) in [6.45, 7) is 3.92. The van der Waals surface area contributed by atoms with E-state index in [9.17, 15) is 4.79 Å². The molecule has 1 aromatic carbocycles. The van der Waals surface area contributed by atoms with E-state index in [2.05, 4.69) is 15.4 Å². The Balaban J connectivity index is 1.69. The fourth-order valence-electron chi connectivity index (χ4n) is 2.23. The van der Waals surface area contributed by atoms with Gasteiger partial charge < -0.3 is 5.32 Å². The van der Waals surface area contributed by atoms with E-state index >= 15 is 0 Å². The lowest BCUT2D eigenvalue weighted by Gasteiger charge is -2.04. The van der Waals surface area contributed by atoms with Crippen LogP contribution in [0.1, 0.15) is 17.1 Å². The Morgan fingerprint density at radius 3 is 2.87 bits per heavy atom. The van der Waals surface area contributed by atoms with Gasteiger partial charge in [-0.2, -0.15) is 5.10 Å². The van der Waals surface area contributed by atoms with Crippen LogP contribution in [-0.4, -0.2) is 20.7 Å². The number of hydrogen-bond acceptors (Lipinski definition) is 4. The molecule has 23 heavy (non-hydrogen) atoms. The number of rotatable bonds is 4. The topological polar surface area (TPSA) is 59.8 Å². The lowest BCUT2D eigenvalue weighted by atomic mass is 10.3. The van der Waals surface area contributed by atoms with Gasteiger partial charge in [-0.1, -0.05) is 17.7 Å². The molecule has 3 rings (SSSR count). The molecule has 0 aliphatic heterocycles. The zero-order valence-corrected chi connectivity index (χ0v) is 14.3. The van der Waals surface area contributed by atoms with Crippen LogP contribution in [0, 0.1) is 13.8 Å². The number of amides is 1. The molecule has 5 nitrogen and oxygen atoms in total. The van der Waals surface area contributed by atoms with Crippen molar-refractivity contribution < 1.29 is 4.79 Å². The van der Waals surface area contributed by atoms with Crippen molar-refractivity contribution in [2.45, 2.75) is 20.3 Å². The zero-order chi connectivity index (χ0) is 16.4. The minimum Gasteiger partial charge on any atom is -0.326 e. The second-order valence-corrected chi connectivity index (χ2v) is 6.47. The molecule has 0 aliphatic carbocycles. The first-order valence-electron chi connectivity index (χ1n) is 7.05. The van der Waals surface area contributed by atoms with Crippen LogP contribution in [0.3, 0.4) is 0 Å². The van der Waals surface area contributed by atoms with Gasteiger partial charge in [0.2, 0.25) is 11.0 Å². The van der Waals surface area contributed by atoms with E-state index in [4.69, 9.17) is 11.6 Å². The van der Waals surface area contributed by atoms with Crippen molar-refractivity contribution >= 4 is 34.5 Å². The Morgan fingerprint density at radius 1 is 1.35 bits per heavy atom. The van der Waals surface area contributed by atoms with Gasteiger partial charge in [-0.15, -0.1) is 11.3 Å². The average molecular weight is 347 g/mol. The monoisotopic (exact) mass is 346 g/mol. The maximum Gasteiger partial charge on any atom is 0.230 e. The molecule has 0 aliphatic rings. The molecule has 0 saturated carbocycles. The fourth-order valence-corrected chi connectivity index (χ4v) is 3.26. The Bertz CT molecular complexity index is 855. The SMILES string of the molecule is Cc1cc(C)n(-c2nc(CC(=O)Nc3cccc(Cl)c3)cs2)n1. The first-order valence-corrected chi connectivity index (χ1v) is 8.30. The van der Waals surface area contributed by atoms with Crippen LogP contribution in [0.15, 0.2) is 35.7 Å². The molecule has 0 radical (unpaired) electrons. The third kappa shape index (κ3) is 3.78. The van der Waals surface area contributed by atoms with Gasteiger partial charge >= 0.3 is 0 Å². The van der Waals surface area contributed by atoms with Crippen molar-refractivity contribution in [2.75, 3.05) is 5.32 Å². The van der Waals surface area contributed by atoms with Crippen molar-refractivity contribution in [1.82, 2.24) is 14.8 Å². The van der Waals surface area contributed by atoms with Gasteiger partial charge in [0.25, 0.3) is 0 Å². The molecule has 1 N–H and O–H groups in total. The van der Waals surface area contributed by atoms with Crippen molar-refractivity contribution in [3.63, 3.8) is 0 Å². The van der Waals surface area contributed by atoms with Gasteiger partial charge in [0.05, 0.1) is 17.8 Å². The molecule has 0 saturated heterocycles. The third-order valence-corrected chi connectivity index (χ3v) is 4.28. The van der Waals surface area contributed by atoms with Crippen LogP contribution in [-0.2, 0) is 11.2 Å². The van der Waals surface area contributed by atoms with Crippen molar-refractivity contribution in [3.8, 4) is 5.13 Å². The highest BCUT2D eigenvalue weighted by molar-refractivity contribution is 7.12. The molecule has 0 unspecified atom stereocenters. The van der Waals surface area contributed by atoms with Crippen LogP contribution >= 0.6 is 22.9 Å². The first kappa shape index (κ1) is 15.7. The summed E-state index contributed by atoms with van der Waals surface area (Å²) >= 11 is 7.37. The summed E-state index contributed by atoms with van der Waals surface area (Å²) in [5, 5.41) is 10.4. The third-order valence-electron chi connectivity index (χ3n) is 3.18. The van der Waals surface area contributed by atoms with E-state index in [-0.39, 0.29) is 12.3 Å². The summed E-state index contributed by atoms with van der Waals surface area (Å²) in [5.41, 5.74) is 3.36. The summed E-state index contributed by atoms with van der Waals surface area (Å²) in [7, 11) is 0. The maximum atomic E-state index is 12.1. The Kier molecular flexibility index (Phi) is 4.45. The number of hydrogen-bond donors (Lipinski definition) is 1. The second kappa shape index (κ2) is 6.52. The molecule has 118 valence electrons. The molecule has 0 bridgehead atoms. The van der Waals surface area contributed by atoms with Crippen molar-refractivity contribution in [2.24, 2.45) is 0 Å². The highest BCUT2D eigenvalue weighted by Gasteiger charge is 2.11. The second-order valence-electron chi connectivity index (χ2n) is 5.20. The van der Waals surface area contributed by atoms with E-state index in [0.29, 0.717) is 10.7 Å². The zero-order valence-electron chi connectivity index (χ0n) is 12.7. The molecule has 7 heteroatoms. The molecule has 1 amide bonds. The normalized spacial score (nSPS) is 10.7. The number of benzene rings is 1. The smallest absolute Gasteiger partial charge is 0.230 e. The number of carbonyl (C=O) groups excluding carboxylic acids is 1. The van der Waals surface area contributed by atoms with Crippen molar-refractivity contribution in [1.29, 1.82) is 0 Å². The van der Waals surface area contributed by atoms with Crippen molar-refractivity contribution in [3.05, 3.63) is 57.8 Å². The molecular formula is C16H15ClN4OS. The number of aryl methyl sites for hydroxylation is 2. The molecule has 3 aromatic rings. The Hall–Kier alpha value is -2.18. The van der Waals surface area contributed by atoms with E-state index < -0.39 is 0 Å². The predicted octanol–water partition coefficient (Wildman–Crippen LogP) is 3.78. The molecular weight excluding hydrogens is 332 g/mol. The van der Waals surface area contributed by atoms with Crippen LogP contribution < -0.4 is 5.32 Å². The van der Waals surface area contributed by atoms with Crippen LogP contribution in [0.5, 0.6) is 0 Å². The summed E-state index contributed by atoms with van der Waals surface area (Å²) in [6.07, 6.45) is 0.211. The average Bonchev–Trinajstić information content (AvgIpc) is 3.05. The fraction of sp³-hybridized carbons (Fsp3) is 0.188. The van der Waals surface area contributed by atoms with Crippen LogP contribution in [0.2, 0.25) is 5.02 Å².